The van der Waals surface area contributed by atoms with Crippen LogP contribution in [0.25, 0.3) is 0 Å². The number of aromatic amines is 2. The largest absolute Gasteiger partial charge is 0.462 e. The third-order valence-corrected chi connectivity index (χ3v) is 4.20. The van der Waals surface area contributed by atoms with Crippen LogP contribution in [-0.4, -0.2) is 43.8 Å². The van der Waals surface area contributed by atoms with E-state index < -0.39 is 5.97 Å². The van der Waals surface area contributed by atoms with Crippen molar-refractivity contribution in [2.45, 2.75) is 38.1 Å². The number of carbonyl (C=O) groups is 2. The smallest absolute Gasteiger partial charge is 0.340 e. The molecule has 0 saturated carbocycles. The van der Waals surface area contributed by atoms with Crippen molar-refractivity contribution in [1.29, 1.82) is 0 Å². The van der Waals surface area contributed by atoms with E-state index in [0.29, 0.717) is 34.3 Å². The van der Waals surface area contributed by atoms with Crippen LogP contribution in [0.2, 0.25) is 0 Å². The van der Waals surface area contributed by atoms with Gasteiger partial charge in [-0.2, -0.15) is 5.10 Å². The van der Waals surface area contributed by atoms with Crippen LogP contribution in [0.4, 0.5) is 0 Å². The van der Waals surface area contributed by atoms with Crippen LogP contribution in [0.1, 0.15) is 46.0 Å². The summed E-state index contributed by atoms with van der Waals surface area (Å²) in [6, 6.07) is 0. The lowest BCUT2D eigenvalue weighted by Crippen LogP contribution is -2.15. The van der Waals surface area contributed by atoms with Crippen molar-refractivity contribution in [3.05, 3.63) is 28.8 Å². The molecular formula is C14H18N4O3S. The number of esters is 1. The SMILES string of the molecule is CCOC(=O)c1c(C)[nH]c(C(=O)C(C)Sc2ncn[nH]2)c1C. The molecule has 0 fully saturated rings. The molecule has 0 amide bonds. The van der Waals surface area contributed by atoms with Gasteiger partial charge in [-0.25, -0.2) is 9.78 Å². The van der Waals surface area contributed by atoms with Gasteiger partial charge < -0.3 is 9.72 Å². The molecule has 0 saturated heterocycles. The molecule has 0 aliphatic rings. The predicted molar refractivity (Wildman–Crippen MR) is 82.3 cm³/mol. The minimum atomic E-state index is -0.414. The summed E-state index contributed by atoms with van der Waals surface area (Å²) in [6.07, 6.45) is 1.39. The Morgan fingerprint density at radius 2 is 2.14 bits per heavy atom. The van der Waals surface area contributed by atoms with Gasteiger partial charge in [-0.3, -0.25) is 9.89 Å². The van der Waals surface area contributed by atoms with E-state index in [0.717, 1.165) is 0 Å². The van der Waals surface area contributed by atoms with Crippen molar-refractivity contribution in [2.24, 2.45) is 0 Å². The highest BCUT2D eigenvalue weighted by Crippen LogP contribution is 2.25. The fraction of sp³-hybridized carbons (Fsp3) is 0.429. The van der Waals surface area contributed by atoms with E-state index in [1.54, 1.807) is 27.7 Å². The van der Waals surface area contributed by atoms with Gasteiger partial charge in [0.1, 0.15) is 6.33 Å². The summed E-state index contributed by atoms with van der Waals surface area (Å²) < 4.78 is 5.03. The molecule has 0 aromatic carbocycles. The molecule has 2 rings (SSSR count). The van der Waals surface area contributed by atoms with Gasteiger partial charge in [0.2, 0.25) is 0 Å². The van der Waals surface area contributed by atoms with Gasteiger partial charge in [0.15, 0.2) is 10.9 Å². The first-order valence-electron chi connectivity index (χ1n) is 6.88. The number of hydrogen-bond donors (Lipinski definition) is 2. The Morgan fingerprint density at radius 1 is 1.41 bits per heavy atom. The Morgan fingerprint density at radius 3 is 2.73 bits per heavy atom. The van der Waals surface area contributed by atoms with Crippen LogP contribution in [-0.2, 0) is 4.74 Å². The topological polar surface area (TPSA) is 101 Å². The second-order valence-corrected chi connectivity index (χ2v) is 6.09. The second kappa shape index (κ2) is 6.78. The lowest BCUT2D eigenvalue weighted by molar-refractivity contribution is 0.0525. The van der Waals surface area contributed by atoms with E-state index in [9.17, 15) is 9.59 Å². The molecule has 0 bridgehead atoms. The van der Waals surface area contributed by atoms with E-state index in [4.69, 9.17) is 4.74 Å². The van der Waals surface area contributed by atoms with Crippen LogP contribution >= 0.6 is 11.8 Å². The maximum absolute atomic E-state index is 12.6. The van der Waals surface area contributed by atoms with Gasteiger partial charge in [0, 0.05) is 5.69 Å². The van der Waals surface area contributed by atoms with Gasteiger partial charge in [0.25, 0.3) is 0 Å². The van der Waals surface area contributed by atoms with Crippen molar-refractivity contribution < 1.29 is 14.3 Å². The van der Waals surface area contributed by atoms with Crippen molar-refractivity contribution in [1.82, 2.24) is 20.2 Å². The first kappa shape index (κ1) is 16.3. The molecule has 2 aromatic rings. The van der Waals surface area contributed by atoms with E-state index in [1.165, 1.54) is 18.1 Å². The van der Waals surface area contributed by atoms with E-state index in [1.807, 2.05) is 0 Å². The first-order valence-corrected chi connectivity index (χ1v) is 7.76. The summed E-state index contributed by atoms with van der Waals surface area (Å²) in [6.45, 7) is 7.33. The summed E-state index contributed by atoms with van der Waals surface area (Å²) >= 11 is 1.28. The summed E-state index contributed by atoms with van der Waals surface area (Å²) in [5, 5.41) is 6.67. The molecule has 0 radical (unpaired) electrons. The minimum Gasteiger partial charge on any atom is -0.462 e. The monoisotopic (exact) mass is 322 g/mol. The number of hydrogen-bond acceptors (Lipinski definition) is 6. The fourth-order valence-corrected chi connectivity index (χ4v) is 2.95. The van der Waals surface area contributed by atoms with Crippen molar-refractivity contribution in [3.8, 4) is 0 Å². The zero-order valence-corrected chi connectivity index (χ0v) is 13.7. The fourth-order valence-electron chi connectivity index (χ4n) is 2.18. The number of nitrogens with zero attached hydrogens (tertiary/aromatic N) is 2. The molecule has 118 valence electrons. The number of carbonyl (C=O) groups excluding carboxylic acids is 2. The standard InChI is InChI=1S/C14H18N4O3S/c1-5-21-13(20)10-7(2)11(17-8(10)3)12(19)9(4)22-14-15-6-16-18-14/h6,9,17H,5H2,1-4H3,(H,15,16,18). The Labute approximate surface area is 132 Å². The predicted octanol–water partition coefficient (Wildman–Crippen LogP) is 2.29. The number of H-pyrrole nitrogens is 2. The molecule has 0 spiro atoms. The van der Waals surface area contributed by atoms with Gasteiger partial charge in [0.05, 0.1) is 23.1 Å². The molecule has 22 heavy (non-hydrogen) atoms. The third kappa shape index (κ3) is 3.22. The number of aromatic nitrogens is 4. The number of Topliss-reactive ketones (excluding diaryl/α,β-unsaturated/α-hetero) is 1. The van der Waals surface area contributed by atoms with Crippen LogP contribution in [0.15, 0.2) is 11.5 Å². The number of ketones is 1. The van der Waals surface area contributed by atoms with Gasteiger partial charge in [-0.1, -0.05) is 11.8 Å². The summed E-state index contributed by atoms with van der Waals surface area (Å²) in [4.78, 5) is 31.5. The molecule has 2 N–H and O–H groups in total. The molecule has 2 aromatic heterocycles. The first-order chi connectivity index (χ1) is 10.5. The van der Waals surface area contributed by atoms with E-state index >= 15 is 0 Å². The Hall–Kier alpha value is -2.09. The van der Waals surface area contributed by atoms with Crippen molar-refractivity contribution in [3.63, 3.8) is 0 Å². The molecule has 2 heterocycles. The summed E-state index contributed by atoms with van der Waals surface area (Å²) in [5.41, 5.74) is 2.12. The molecular weight excluding hydrogens is 304 g/mol. The molecule has 1 atom stereocenters. The maximum atomic E-state index is 12.6. The number of thioether (sulfide) groups is 1. The summed E-state index contributed by atoms with van der Waals surface area (Å²) in [7, 11) is 0. The lowest BCUT2D eigenvalue weighted by atomic mass is 10.1. The Bertz CT molecular complexity index is 679. The quantitative estimate of drug-likeness (QED) is 0.481. The minimum absolute atomic E-state index is 0.0995. The van der Waals surface area contributed by atoms with E-state index in [-0.39, 0.29) is 11.0 Å². The number of rotatable bonds is 6. The average Bonchev–Trinajstić information content (AvgIpc) is 3.06. The molecule has 0 aliphatic carbocycles. The Kier molecular flexibility index (Phi) is 5.02. The van der Waals surface area contributed by atoms with Crippen molar-refractivity contribution in [2.75, 3.05) is 6.61 Å². The van der Waals surface area contributed by atoms with Crippen LogP contribution in [0, 0.1) is 13.8 Å². The highest BCUT2D eigenvalue weighted by molar-refractivity contribution is 8.00. The second-order valence-electron chi connectivity index (χ2n) is 4.76. The molecule has 1 unspecified atom stereocenters. The molecule has 0 aliphatic heterocycles. The van der Waals surface area contributed by atoms with Crippen LogP contribution in [0.3, 0.4) is 0 Å². The highest BCUT2D eigenvalue weighted by atomic mass is 32.2. The van der Waals surface area contributed by atoms with Gasteiger partial charge in [-0.05, 0) is 33.3 Å². The van der Waals surface area contributed by atoms with Crippen LogP contribution in [0.5, 0.6) is 0 Å². The normalized spacial score (nSPS) is 12.2. The number of aryl methyl sites for hydroxylation is 1. The van der Waals surface area contributed by atoms with Gasteiger partial charge >= 0.3 is 5.97 Å². The molecule has 8 heteroatoms. The van der Waals surface area contributed by atoms with Gasteiger partial charge in [-0.15, -0.1) is 0 Å². The Balaban J connectivity index is 2.23. The summed E-state index contributed by atoms with van der Waals surface area (Å²) in [5.74, 6) is -0.513. The number of nitrogens with one attached hydrogen (secondary N) is 2. The van der Waals surface area contributed by atoms with E-state index in [2.05, 4.69) is 20.2 Å². The number of ether oxygens (including phenoxy) is 1. The zero-order chi connectivity index (χ0) is 16.3. The average molecular weight is 322 g/mol. The molecule has 7 nitrogen and oxygen atoms in total. The van der Waals surface area contributed by atoms with Crippen LogP contribution < -0.4 is 0 Å². The zero-order valence-electron chi connectivity index (χ0n) is 12.9. The maximum Gasteiger partial charge on any atom is 0.340 e. The van der Waals surface area contributed by atoms with Crippen molar-refractivity contribution >= 4 is 23.5 Å². The highest BCUT2D eigenvalue weighted by Gasteiger charge is 2.26. The third-order valence-electron chi connectivity index (χ3n) is 3.21. The lowest BCUT2D eigenvalue weighted by Gasteiger charge is -2.08.